The third-order valence-electron chi connectivity index (χ3n) is 3.38. The van der Waals surface area contributed by atoms with Gasteiger partial charge in [-0.15, -0.1) is 0 Å². The van der Waals surface area contributed by atoms with E-state index in [-0.39, 0.29) is 11.7 Å². The molecule has 1 fully saturated rings. The van der Waals surface area contributed by atoms with Gasteiger partial charge in [0.1, 0.15) is 11.8 Å². The summed E-state index contributed by atoms with van der Waals surface area (Å²) >= 11 is 0. The van der Waals surface area contributed by atoms with E-state index in [1.807, 2.05) is 36.1 Å². The number of benzene rings is 1. The van der Waals surface area contributed by atoms with Crippen molar-refractivity contribution in [1.82, 2.24) is 4.90 Å². The van der Waals surface area contributed by atoms with Crippen molar-refractivity contribution in [2.24, 2.45) is 5.73 Å². The van der Waals surface area contributed by atoms with Crippen molar-refractivity contribution >= 4 is 11.7 Å². The Morgan fingerprint density at radius 1 is 1.22 bits per heavy atom. The molecule has 2 rings (SSSR count). The first-order valence-corrected chi connectivity index (χ1v) is 6.19. The number of Topliss-reactive ketones (excluding diaryl/α,β-unsaturated/α-hetero) is 1. The molecule has 1 amide bonds. The van der Waals surface area contributed by atoms with Crippen LogP contribution in [0.3, 0.4) is 0 Å². The molecule has 1 aliphatic heterocycles. The summed E-state index contributed by atoms with van der Waals surface area (Å²) in [5.74, 6) is -0.0911. The van der Waals surface area contributed by atoms with Crippen LogP contribution in [0, 0.1) is 6.92 Å². The number of likely N-dealkylation sites (tertiary alicyclic amines) is 1. The highest BCUT2D eigenvalue weighted by Crippen LogP contribution is 2.23. The van der Waals surface area contributed by atoms with E-state index in [0.29, 0.717) is 25.9 Å². The minimum absolute atomic E-state index is 0.262. The highest BCUT2D eigenvalue weighted by molar-refractivity contribution is 5.83. The van der Waals surface area contributed by atoms with Gasteiger partial charge in [0, 0.05) is 25.9 Å². The average Bonchev–Trinajstić information content (AvgIpc) is 2.34. The largest absolute Gasteiger partial charge is 0.368 e. The molecule has 1 aromatic rings. The molecule has 1 aromatic carbocycles. The Labute approximate surface area is 107 Å². The van der Waals surface area contributed by atoms with Gasteiger partial charge in [0.05, 0.1) is 0 Å². The number of piperidine rings is 1. The molecule has 96 valence electrons. The van der Waals surface area contributed by atoms with E-state index in [1.165, 1.54) is 0 Å². The smallest absolute Gasteiger partial charge is 0.239 e. The molecule has 1 atom stereocenters. The van der Waals surface area contributed by atoms with Crippen LogP contribution in [0.15, 0.2) is 24.3 Å². The number of rotatable bonds is 3. The highest BCUT2D eigenvalue weighted by Gasteiger charge is 2.28. The average molecular weight is 246 g/mol. The Bertz CT molecular complexity index is 443. The fourth-order valence-electron chi connectivity index (χ4n) is 2.34. The molecular formula is C14H18N2O2. The molecule has 0 radical (unpaired) electrons. The maximum Gasteiger partial charge on any atom is 0.239 e. The zero-order valence-electron chi connectivity index (χ0n) is 10.6. The number of nitrogens with two attached hydrogens (primary N) is 1. The van der Waals surface area contributed by atoms with E-state index in [9.17, 15) is 9.59 Å². The molecular weight excluding hydrogens is 228 g/mol. The van der Waals surface area contributed by atoms with Crippen molar-refractivity contribution in [1.29, 1.82) is 0 Å². The molecule has 4 heteroatoms. The molecule has 1 saturated heterocycles. The molecule has 0 aliphatic carbocycles. The summed E-state index contributed by atoms with van der Waals surface area (Å²) in [5.41, 5.74) is 7.56. The minimum Gasteiger partial charge on any atom is -0.368 e. The first-order chi connectivity index (χ1) is 8.58. The van der Waals surface area contributed by atoms with Gasteiger partial charge in [-0.25, -0.2) is 0 Å². The van der Waals surface area contributed by atoms with Gasteiger partial charge in [-0.2, -0.15) is 0 Å². The Balaban J connectivity index is 2.20. The van der Waals surface area contributed by atoms with Crippen LogP contribution in [0.2, 0.25) is 0 Å². The van der Waals surface area contributed by atoms with Crippen molar-refractivity contribution in [2.45, 2.75) is 25.8 Å². The molecule has 1 aliphatic rings. The summed E-state index contributed by atoms with van der Waals surface area (Å²) in [7, 11) is 0. The molecule has 0 spiro atoms. The maximum absolute atomic E-state index is 11.7. The van der Waals surface area contributed by atoms with Crippen LogP contribution >= 0.6 is 0 Å². The Kier molecular flexibility index (Phi) is 3.77. The van der Waals surface area contributed by atoms with E-state index >= 15 is 0 Å². The van der Waals surface area contributed by atoms with Gasteiger partial charge in [0.15, 0.2) is 0 Å². The molecule has 1 heterocycles. The van der Waals surface area contributed by atoms with Gasteiger partial charge in [-0.1, -0.05) is 29.8 Å². The number of hydrogen-bond acceptors (Lipinski definition) is 3. The highest BCUT2D eigenvalue weighted by atomic mass is 16.1. The van der Waals surface area contributed by atoms with Crippen molar-refractivity contribution in [3.05, 3.63) is 35.4 Å². The van der Waals surface area contributed by atoms with E-state index in [2.05, 4.69) is 0 Å². The first-order valence-electron chi connectivity index (χ1n) is 6.19. The third kappa shape index (κ3) is 2.76. The molecule has 0 bridgehead atoms. The summed E-state index contributed by atoms with van der Waals surface area (Å²) < 4.78 is 0. The Hall–Kier alpha value is -1.68. The molecule has 0 saturated carbocycles. The zero-order chi connectivity index (χ0) is 13.1. The van der Waals surface area contributed by atoms with Crippen molar-refractivity contribution < 1.29 is 9.59 Å². The number of ketones is 1. The lowest BCUT2D eigenvalue weighted by molar-refractivity contribution is -0.128. The van der Waals surface area contributed by atoms with Crippen LogP contribution < -0.4 is 5.73 Å². The van der Waals surface area contributed by atoms with Gasteiger partial charge in [0.25, 0.3) is 0 Å². The number of carbonyl (C=O) groups is 2. The lowest BCUT2D eigenvalue weighted by Crippen LogP contribution is -2.42. The minimum atomic E-state index is -0.418. The molecule has 2 N–H and O–H groups in total. The number of primary amides is 1. The van der Waals surface area contributed by atoms with Crippen LogP contribution in [-0.4, -0.2) is 29.7 Å². The van der Waals surface area contributed by atoms with Gasteiger partial charge in [-0.05, 0) is 12.5 Å². The van der Waals surface area contributed by atoms with Crippen LogP contribution in [0.5, 0.6) is 0 Å². The lowest BCUT2D eigenvalue weighted by atomic mass is 10.00. The fraction of sp³-hybridized carbons (Fsp3) is 0.429. The zero-order valence-corrected chi connectivity index (χ0v) is 10.6. The number of hydrogen-bond donors (Lipinski definition) is 1. The SMILES string of the molecule is Cc1ccc(C(C(N)=O)N2CCC(=O)CC2)cc1. The topological polar surface area (TPSA) is 63.4 Å². The van der Waals surface area contributed by atoms with Gasteiger partial charge < -0.3 is 5.73 Å². The summed E-state index contributed by atoms with van der Waals surface area (Å²) in [5, 5.41) is 0. The standard InChI is InChI=1S/C14H18N2O2/c1-10-2-4-11(5-3-10)13(14(15)18)16-8-6-12(17)7-9-16/h2-5,13H,6-9H2,1H3,(H2,15,18). The summed E-state index contributed by atoms with van der Waals surface area (Å²) in [4.78, 5) is 24.9. The second-order valence-corrected chi connectivity index (χ2v) is 4.79. The van der Waals surface area contributed by atoms with Crippen LogP contribution in [0.1, 0.15) is 30.0 Å². The van der Waals surface area contributed by atoms with Crippen LogP contribution in [-0.2, 0) is 9.59 Å². The first kappa shape index (κ1) is 12.8. The lowest BCUT2D eigenvalue weighted by Gasteiger charge is -2.32. The second kappa shape index (κ2) is 5.31. The Morgan fingerprint density at radius 3 is 2.28 bits per heavy atom. The Morgan fingerprint density at radius 2 is 1.78 bits per heavy atom. The van der Waals surface area contributed by atoms with Crippen molar-refractivity contribution in [2.75, 3.05) is 13.1 Å². The van der Waals surface area contributed by atoms with Gasteiger partial charge >= 0.3 is 0 Å². The molecule has 1 unspecified atom stereocenters. The molecule has 18 heavy (non-hydrogen) atoms. The predicted molar refractivity (Wildman–Crippen MR) is 68.9 cm³/mol. The monoisotopic (exact) mass is 246 g/mol. The van der Waals surface area contributed by atoms with Crippen molar-refractivity contribution in [3.63, 3.8) is 0 Å². The van der Waals surface area contributed by atoms with Crippen molar-refractivity contribution in [3.8, 4) is 0 Å². The van der Waals surface area contributed by atoms with Gasteiger partial charge in [-0.3, -0.25) is 14.5 Å². The maximum atomic E-state index is 11.7. The number of carbonyl (C=O) groups excluding carboxylic acids is 2. The predicted octanol–water partition coefficient (Wildman–Crippen LogP) is 1.19. The van der Waals surface area contributed by atoms with Crippen LogP contribution in [0.25, 0.3) is 0 Å². The van der Waals surface area contributed by atoms with Gasteiger partial charge in [0.2, 0.25) is 5.91 Å². The van der Waals surface area contributed by atoms with E-state index in [1.54, 1.807) is 0 Å². The molecule has 4 nitrogen and oxygen atoms in total. The second-order valence-electron chi connectivity index (χ2n) is 4.79. The molecule has 0 aromatic heterocycles. The van der Waals surface area contributed by atoms with E-state index in [0.717, 1.165) is 11.1 Å². The number of amides is 1. The van der Waals surface area contributed by atoms with E-state index in [4.69, 9.17) is 5.73 Å². The van der Waals surface area contributed by atoms with Crippen LogP contribution in [0.4, 0.5) is 0 Å². The third-order valence-corrected chi connectivity index (χ3v) is 3.38. The summed E-state index contributed by atoms with van der Waals surface area (Å²) in [6, 6.07) is 7.39. The summed E-state index contributed by atoms with van der Waals surface area (Å²) in [6.45, 7) is 3.23. The summed E-state index contributed by atoms with van der Waals surface area (Å²) in [6.07, 6.45) is 1.02. The quantitative estimate of drug-likeness (QED) is 0.871. The number of nitrogens with zero attached hydrogens (tertiary/aromatic N) is 1. The fourth-order valence-corrected chi connectivity index (χ4v) is 2.34. The number of aryl methyl sites for hydroxylation is 1. The van der Waals surface area contributed by atoms with E-state index < -0.39 is 6.04 Å². The normalized spacial score (nSPS) is 18.6.